The van der Waals surface area contributed by atoms with Crippen LogP contribution in [0.2, 0.25) is 0 Å². The number of amides is 2. The van der Waals surface area contributed by atoms with Crippen LogP contribution in [0.3, 0.4) is 0 Å². The number of fused-ring (bicyclic) bond motifs is 1. The van der Waals surface area contributed by atoms with Gasteiger partial charge in [-0.1, -0.05) is 22.0 Å². The summed E-state index contributed by atoms with van der Waals surface area (Å²) in [5.41, 5.74) is 2.99. The number of carbonyl (C=O) groups excluding carboxylic acids is 3. The molecule has 1 aliphatic carbocycles. The van der Waals surface area contributed by atoms with E-state index in [0.717, 1.165) is 23.2 Å². The van der Waals surface area contributed by atoms with Crippen molar-refractivity contribution in [1.82, 2.24) is 5.32 Å². The molecular weight excluding hydrogens is 376 g/mol. The highest BCUT2D eigenvalue weighted by Crippen LogP contribution is 2.29. The lowest BCUT2D eigenvalue weighted by Gasteiger charge is -2.16. The van der Waals surface area contributed by atoms with Crippen LogP contribution in [-0.2, 0) is 27.2 Å². The number of Topliss-reactive ketones (excluding diaryl/α,β-unsaturated/α-hetero) is 1. The number of hydrogen-bond donors (Lipinski definition) is 1. The van der Waals surface area contributed by atoms with Gasteiger partial charge in [-0.2, -0.15) is 0 Å². The standard InChI is InChI=1S/C17H19BrN2O4/c1-10(21)19-8-14-9-20(17(23)24-14)13-4-2-11-3-5-16(22)15(18)7-12(11)6-13/h2,4,6,14-15H,3,5,7-9H2,1H3,(H,19,21)/t14-,15+/m0/s1. The molecule has 6 nitrogen and oxygen atoms in total. The Hall–Kier alpha value is -1.89. The van der Waals surface area contributed by atoms with Gasteiger partial charge in [0.15, 0.2) is 0 Å². The third kappa shape index (κ3) is 3.61. The van der Waals surface area contributed by atoms with E-state index in [1.165, 1.54) is 6.92 Å². The van der Waals surface area contributed by atoms with Gasteiger partial charge in [0.25, 0.3) is 0 Å². The molecule has 2 aliphatic rings. The Morgan fingerprint density at radius 1 is 1.33 bits per heavy atom. The summed E-state index contributed by atoms with van der Waals surface area (Å²) >= 11 is 3.44. The molecule has 0 radical (unpaired) electrons. The van der Waals surface area contributed by atoms with Crippen molar-refractivity contribution >= 4 is 39.4 Å². The largest absolute Gasteiger partial charge is 0.442 e. The first-order chi connectivity index (χ1) is 11.4. The number of hydrogen-bond acceptors (Lipinski definition) is 4. The van der Waals surface area contributed by atoms with E-state index in [4.69, 9.17) is 4.74 Å². The summed E-state index contributed by atoms with van der Waals surface area (Å²) in [5, 5.41) is 2.66. The molecule has 1 fully saturated rings. The number of anilines is 1. The topological polar surface area (TPSA) is 75.7 Å². The molecule has 2 atom stereocenters. The van der Waals surface area contributed by atoms with Crippen molar-refractivity contribution in [1.29, 1.82) is 0 Å². The number of ketones is 1. The molecule has 24 heavy (non-hydrogen) atoms. The minimum atomic E-state index is -0.412. The Morgan fingerprint density at radius 3 is 2.88 bits per heavy atom. The van der Waals surface area contributed by atoms with Crippen molar-refractivity contribution < 1.29 is 19.1 Å². The second-order valence-electron chi connectivity index (χ2n) is 6.14. The monoisotopic (exact) mass is 394 g/mol. The van der Waals surface area contributed by atoms with Gasteiger partial charge in [-0.3, -0.25) is 14.5 Å². The first-order valence-electron chi connectivity index (χ1n) is 7.95. The zero-order valence-electron chi connectivity index (χ0n) is 13.4. The minimum Gasteiger partial charge on any atom is -0.442 e. The summed E-state index contributed by atoms with van der Waals surface area (Å²) in [7, 11) is 0. The van der Waals surface area contributed by atoms with Gasteiger partial charge in [0.05, 0.1) is 17.9 Å². The number of carbonyl (C=O) groups is 3. The van der Waals surface area contributed by atoms with Crippen molar-refractivity contribution in [3.8, 4) is 0 Å². The molecule has 0 aromatic heterocycles. The van der Waals surface area contributed by atoms with Crippen LogP contribution in [-0.4, -0.2) is 41.8 Å². The van der Waals surface area contributed by atoms with Crippen LogP contribution in [0.15, 0.2) is 18.2 Å². The van der Waals surface area contributed by atoms with E-state index in [2.05, 4.69) is 21.2 Å². The Kier molecular flexibility index (Phi) is 4.89. The Morgan fingerprint density at radius 2 is 2.12 bits per heavy atom. The van der Waals surface area contributed by atoms with Crippen molar-refractivity contribution in [2.75, 3.05) is 18.0 Å². The van der Waals surface area contributed by atoms with Gasteiger partial charge in [0.1, 0.15) is 11.9 Å². The molecule has 3 rings (SSSR count). The third-order valence-electron chi connectivity index (χ3n) is 4.34. The van der Waals surface area contributed by atoms with E-state index in [1.807, 2.05) is 18.2 Å². The van der Waals surface area contributed by atoms with Gasteiger partial charge >= 0.3 is 6.09 Å². The highest BCUT2D eigenvalue weighted by molar-refractivity contribution is 9.10. The molecule has 0 unspecified atom stereocenters. The highest BCUT2D eigenvalue weighted by atomic mass is 79.9. The molecule has 1 N–H and O–H groups in total. The van der Waals surface area contributed by atoms with Gasteiger partial charge in [-0.05, 0) is 36.1 Å². The summed E-state index contributed by atoms with van der Waals surface area (Å²) in [6, 6.07) is 5.83. The lowest BCUT2D eigenvalue weighted by atomic mass is 10.0. The lowest BCUT2D eigenvalue weighted by Crippen LogP contribution is -2.33. The molecule has 0 spiro atoms. The fraction of sp³-hybridized carbons (Fsp3) is 0.471. The van der Waals surface area contributed by atoms with Crippen molar-refractivity contribution in [3.05, 3.63) is 29.3 Å². The second-order valence-corrected chi connectivity index (χ2v) is 7.25. The lowest BCUT2D eigenvalue weighted by molar-refractivity contribution is -0.119. The van der Waals surface area contributed by atoms with Crippen LogP contribution in [0.5, 0.6) is 0 Å². The third-order valence-corrected chi connectivity index (χ3v) is 5.18. The Labute approximate surface area is 148 Å². The average molecular weight is 395 g/mol. The number of nitrogens with zero attached hydrogens (tertiary/aromatic N) is 1. The highest BCUT2D eigenvalue weighted by Gasteiger charge is 2.33. The number of ether oxygens (including phenoxy) is 1. The number of aryl methyl sites for hydroxylation is 1. The zero-order valence-corrected chi connectivity index (χ0v) is 15.0. The van der Waals surface area contributed by atoms with Gasteiger partial charge in [0.2, 0.25) is 5.91 Å². The average Bonchev–Trinajstić information content (AvgIpc) is 2.85. The van der Waals surface area contributed by atoms with E-state index >= 15 is 0 Å². The fourth-order valence-corrected chi connectivity index (χ4v) is 3.61. The van der Waals surface area contributed by atoms with Crippen LogP contribution >= 0.6 is 15.9 Å². The smallest absolute Gasteiger partial charge is 0.414 e. The second kappa shape index (κ2) is 6.93. The minimum absolute atomic E-state index is 0.150. The van der Waals surface area contributed by atoms with E-state index in [0.29, 0.717) is 25.9 Å². The summed E-state index contributed by atoms with van der Waals surface area (Å²) in [4.78, 5) is 36.4. The number of halogens is 1. The predicted octanol–water partition coefficient (Wildman–Crippen LogP) is 1.97. The van der Waals surface area contributed by atoms with Crippen molar-refractivity contribution in [2.24, 2.45) is 0 Å². The summed E-state index contributed by atoms with van der Waals surface area (Å²) in [6.07, 6.45) is 1.12. The molecular formula is C17H19BrN2O4. The molecule has 1 heterocycles. The molecule has 128 valence electrons. The Bertz CT molecular complexity index is 691. The molecule has 1 aromatic carbocycles. The maximum atomic E-state index is 12.1. The van der Waals surface area contributed by atoms with Gasteiger partial charge in [-0.15, -0.1) is 0 Å². The summed E-state index contributed by atoms with van der Waals surface area (Å²) in [5.74, 6) is 0.0614. The molecule has 7 heteroatoms. The molecule has 0 saturated carbocycles. The normalized spacial score (nSPS) is 23.5. The first kappa shape index (κ1) is 17.0. The molecule has 1 aromatic rings. The number of alkyl halides is 1. The summed E-state index contributed by atoms with van der Waals surface area (Å²) in [6.45, 7) is 2.13. The van der Waals surface area contributed by atoms with E-state index in [-0.39, 0.29) is 22.6 Å². The van der Waals surface area contributed by atoms with Crippen LogP contribution in [0.1, 0.15) is 24.5 Å². The summed E-state index contributed by atoms with van der Waals surface area (Å²) < 4.78 is 5.29. The van der Waals surface area contributed by atoms with Crippen molar-refractivity contribution in [2.45, 2.75) is 37.1 Å². The fourth-order valence-electron chi connectivity index (χ4n) is 3.03. The first-order valence-corrected chi connectivity index (χ1v) is 8.87. The number of benzene rings is 1. The zero-order chi connectivity index (χ0) is 17.3. The van der Waals surface area contributed by atoms with E-state index in [9.17, 15) is 14.4 Å². The van der Waals surface area contributed by atoms with E-state index in [1.54, 1.807) is 4.90 Å². The number of rotatable bonds is 3. The Balaban J connectivity index is 1.76. The molecule has 1 saturated heterocycles. The van der Waals surface area contributed by atoms with Crippen molar-refractivity contribution in [3.63, 3.8) is 0 Å². The SMILES string of the molecule is CC(=O)NC[C@H]1CN(c2ccc3c(c2)C[C@@H](Br)C(=O)CC3)C(=O)O1. The van der Waals surface area contributed by atoms with Crippen LogP contribution in [0, 0.1) is 0 Å². The maximum absolute atomic E-state index is 12.1. The molecule has 2 amide bonds. The molecule has 0 bridgehead atoms. The maximum Gasteiger partial charge on any atom is 0.414 e. The van der Waals surface area contributed by atoms with Crippen LogP contribution < -0.4 is 10.2 Å². The van der Waals surface area contributed by atoms with Crippen LogP contribution in [0.4, 0.5) is 10.5 Å². The van der Waals surface area contributed by atoms with Gasteiger partial charge in [-0.25, -0.2) is 4.79 Å². The molecule has 1 aliphatic heterocycles. The van der Waals surface area contributed by atoms with Gasteiger partial charge < -0.3 is 10.1 Å². The van der Waals surface area contributed by atoms with Crippen LogP contribution in [0.25, 0.3) is 0 Å². The quantitative estimate of drug-likeness (QED) is 0.627. The van der Waals surface area contributed by atoms with E-state index < -0.39 is 6.09 Å². The van der Waals surface area contributed by atoms with Gasteiger partial charge in [0, 0.05) is 19.0 Å². The predicted molar refractivity (Wildman–Crippen MR) is 92.5 cm³/mol. The number of cyclic esters (lactones) is 1. The number of nitrogens with one attached hydrogen (secondary N) is 1.